The van der Waals surface area contributed by atoms with Crippen molar-refractivity contribution in [2.45, 2.75) is 26.4 Å². The molecule has 1 aliphatic heterocycles. The molecule has 19 heavy (non-hydrogen) atoms. The maximum Gasteiger partial charge on any atom is 0.167 e. The van der Waals surface area contributed by atoms with Crippen LogP contribution in [0.3, 0.4) is 0 Å². The third kappa shape index (κ3) is 2.59. The van der Waals surface area contributed by atoms with Gasteiger partial charge in [0, 0.05) is 25.1 Å². The Morgan fingerprint density at radius 3 is 2.79 bits per heavy atom. The average molecular weight is 251 g/mol. The van der Waals surface area contributed by atoms with E-state index < -0.39 is 0 Å². The summed E-state index contributed by atoms with van der Waals surface area (Å²) in [7, 11) is 0. The molecular weight excluding hydrogens is 234 g/mol. The molecule has 2 aromatic rings. The quantitative estimate of drug-likeness (QED) is 0.850. The molecule has 0 saturated carbocycles. The first-order chi connectivity index (χ1) is 9.22. The predicted octanol–water partition coefficient (Wildman–Crippen LogP) is 3.02. The number of hydrogen-bond acceptors (Lipinski definition) is 2. The van der Waals surface area contributed by atoms with E-state index in [4.69, 9.17) is 0 Å². The molecule has 0 radical (unpaired) electrons. The first kappa shape index (κ1) is 12.1. The van der Waals surface area contributed by atoms with Gasteiger partial charge >= 0.3 is 0 Å². The Hall–Kier alpha value is -1.93. The second-order valence-corrected chi connectivity index (χ2v) is 5.18. The van der Waals surface area contributed by atoms with Crippen LogP contribution in [0.25, 0.3) is 0 Å². The van der Waals surface area contributed by atoms with E-state index in [0.29, 0.717) is 6.42 Å². The maximum atomic E-state index is 12.3. The Morgan fingerprint density at radius 1 is 1.11 bits per heavy atom. The minimum atomic E-state index is 0.195. The second-order valence-electron chi connectivity index (χ2n) is 5.18. The molecule has 0 unspecified atom stereocenters. The van der Waals surface area contributed by atoms with Crippen molar-refractivity contribution in [3.63, 3.8) is 0 Å². The smallest absolute Gasteiger partial charge is 0.167 e. The van der Waals surface area contributed by atoms with Crippen molar-refractivity contribution in [1.82, 2.24) is 5.32 Å². The molecule has 1 heterocycles. The predicted molar refractivity (Wildman–Crippen MR) is 76.2 cm³/mol. The Balaban J connectivity index is 1.81. The van der Waals surface area contributed by atoms with E-state index in [-0.39, 0.29) is 5.78 Å². The molecule has 0 fully saturated rings. The number of ketones is 1. The van der Waals surface area contributed by atoms with Gasteiger partial charge in [-0.15, -0.1) is 0 Å². The number of rotatable bonds is 3. The summed E-state index contributed by atoms with van der Waals surface area (Å²) in [6, 6.07) is 14.2. The minimum Gasteiger partial charge on any atom is -0.309 e. The van der Waals surface area contributed by atoms with Crippen LogP contribution in [-0.4, -0.2) is 5.78 Å². The van der Waals surface area contributed by atoms with Crippen molar-refractivity contribution < 1.29 is 4.79 Å². The number of Topliss-reactive ketones (excluding diaryl/α,β-unsaturated/α-hetero) is 1. The van der Waals surface area contributed by atoms with Crippen LogP contribution < -0.4 is 5.32 Å². The summed E-state index contributed by atoms with van der Waals surface area (Å²) < 4.78 is 0. The lowest BCUT2D eigenvalue weighted by atomic mass is 9.99. The Bertz CT molecular complexity index is 631. The highest BCUT2D eigenvalue weighted by molar-refractivity contribution is 5.97. The van der Waals surface area contributed by atoms with Crippen LogP contribution >= 0.6 is 0 Å². The topological polar surface area (TPSA) is 29.1 Å². The molecule has 1 aliphatic rings. The van der Waals surface area contributed by atoms with Gasteiger partial charge in [0.1, 0.15) is 0 Å². The van der Waals surface area contributed by atoms with E-state index >= 15 is 0 Å². The summed E-state index contributed by atoms with van der Waals surface area (Å²) in [6.45, 7) is 3.84. The molecule has 1 N–H and O–H groups in total. The lowest BCUT2D eigenvalue weighted by Crippen LogP contribution is -2.04. The first-order valence-corrected chi connectivity index (χ1v) is 6.63. The van der Waals surface area contributed by atoms with Gasteiger partial charge in [0.15, 0.2) is 5.78 Å². The fraction of sp³-hybridized carbons (Fsp3) is 0.235. The normalized spacial score (nSPS) is 13.3. The van der Waals surface area contributed by atoms with Gasteiger partial charge in [0.05, 0.1) is 0 Å². The molecule has 2 aromatic carbocycles. The fourth-order valence-corrected chi connectivity index (χ4v) is 2.58. The monoisotopic (exact) mass is 251 g/mol. The largest absolute Gasteiger partial charge is 0.309 e. The van der Waals surface area contributed by atoms with Gasteiger partial charge in [-0.1, -0.05) is 42.0 Å². The van der Waals surface area contributed by atoms with Gasteiger partial charge in [0.25, 0.3) is 0 Å². The molecule has 0 aliphatic carbocycles. The number of fused-ring (bicyclic) bond motifs is 1. The first-order valence-electron chi connectivity index (χ1n) is 6.63. The fourth-order valence-electron chi connectivity index (χ4n) is 2.58. The molecule has 96 valence electrons. The minimum absolute atomic E-state index is 0.195. The van der Waals surface area contributed by atoms with Gasteiger partial charge in [-0.25, -0.2) is 0 Å². The number of carbonyl (C=O) groups excluding carboxylic acids is 1. The van der Waals surface area contributed by atoms with E-state index in [9.17, 15) is 4.79 Å². The number of nitrogens with one attached hydrogen (secondary N) is 1. The Morgan fingerprint density at radius 2 is 1.95 bits per heavy atom. The highest BCUT2D eigenvalue weighted by Gasteiger charge is 2.13. The third-order valence-electron chi connectivity index (χ3n) is 3.61. The number of aryl methyl sites for hydroxylation is 1. The van der Waals surface area contributed by atoms with Crippen LogP contribution in [0.4, 0.5) is 0 Å². The summed E-state index contributed by atoms with van der Waals surface area (Å²) in [6.07, 6.45) is 0.480. The van der Waals surface area contributed by atoms with Gasteiger partial charge in [-0.3, -0.25) is 4.79 Å². The van der Waals surface area contributed by atoms with E-state index in [1.807, 2.05) is 24.3 Å². The molecule has 0 amide bonds. The summed E-state index contributed by atoms with van der Waals surface area (Å²) in [5.74, 6) is 0.195. The molecule has 0 aromatic heterocycles. The molecule has 3 rings (SSSR count). The second kappa shape index (κ2) is 4.98. The number of carbonyl (C=O) groups is 1. The molecule has 0 spiro atoms. The lowest BCUT2D eigenvalue weighted by molar-refractivity contribution is 0.0993. The van der Waals surface area contributed by atoms with Crippen LogP contribution in [0.1, 0.15) is 32.6 Å². The highest BCUT2D eigenvalue weighted by atomic mass is 16.1. The van der Waals surface area contributed by atoms with E-state index in [2.05, 4.69) is 30.4 Å². The Labute approximate surface area is 113 Å². The zero-order valence-electron chi connectivity index (χ0n) is 11.1. The third-order valence-corrected chi connectivity index (χ3v) is 3.61. The SMILES string of the molecule is Cc1cccc(CC(=O)c2ccc3c(c2)CNC3)c1. The standard InChI is InChI=1S/C17H17NO/c1-12-3-2-4-13(7-12)8-17(19)14-5-6-15-10-18-11-16(15)9-14/h2-7,9,18H,8,10-11H2,1H3. The number of hydrogen-bond donors (Lipinski definition) is 1. The number of benzene rings is 2. The van der Waals surface area contributed by atoms with Crippen molar-refractivity contribution >= 4 is 5.78 Å². The van der Waals surface area contributed by atoms with E-state index in [1.165, 1.54) is 16.7 Å². The van der Waals surface area contributed by atoms with Crippen LogP contribution in [0.2, 0.25) is 0 Å². The van der Waals surface area contributed by atoms with Gasteiger partial charge in [-0.2, -0.15) is 0 Å². The zero-order valence-corrected chi connectivity index (χ0v) is 11.1. The van der Waals surface area contributed by atoms with Crippen LogP contribution in [0, 0.1) is 6.92 Å². The molecule has 0 saturated heterocycles. The van der Waals surface area contributed by atoms with Gasteiger partial charge in [0.2, 0.25) is 0 Å². The van der Waals surface area contributed by atoms with Crippen molar-refractivity contribution in [2.24, 2.45) is 0 Å². The summed E-state index contributed by atoms with van der Waals surface area (Å²) in [5.41, 5.74) is 5.68. The van der Waals surface area contributed by atoms with Gasteiger partial charge in [-0.05, 0) is 29.7 Å². The van der Waals surface area contributed by atoms with Crippen molar-refractivity contribution in [2.75, 3.05) is 0 Å². The van der Waals surface area contributed by atoms with Crippen molar-refractivity contribution in [1.29, 1.82) is 0 Å². The molecule has 2 nitrogen and oxygen atoms in total. The lowest BCUT2D eigenvalue weighted by Gasteiger charge is -2.05. The molecule has 0 atom stereocenters. The average Bonchev–Trinajstić information content (AvgIpc) is 2.85. The molecular formula is C17H17NO. The highest BCUT2D eigenvalue weighted by Crippen LogP contribution is 2.18. The summed E-state index contributed by atoms with van der Waals surface area (Å²) in [5, 5.41) is 3.30. The van der Waals surface area contributed by atoms with Crippen LogP contribution in [0.5, 0.6) is 0 Å². The molecule has 0 bridgehead atoms. The van der Waals surface area contributed by atoms with Crippen LogP contribution in [-0.2, 0) is 19.5 Å². The summed E-state index contributed by atoms with van der Waals surface area (Å²) >= 11 is 0. The molecule has 2 heteroatoms. The zero-order chi connectivity index (χ0) is 13.2. The van der Waals surface area contributed by atoms with Crippen LogP contribution in [0.15, 0.2) is 42.5 Å². The summed E-state index contributed by atoms with van der Waals surface area (Å²) in [4.78, 5) is 12.3. The van der Waals surface area contributed by atoms with Crippen molar-refractivity contribution in [3.05, 3.63) is 70.3 Å². The van der Waals surface area contributed by atoms with E-state index in [0.717, 1.165) is 24.2 Å². The maximum absolute atomic E-state index is 12.3. The Kier molecular flexibility index (Phi) is 3.18. The van der Waals surface area contributed by atoms with E-state index in [1.54, 1.807) is 0 Å². The van der Waals surface area contributed by atoms with Crippen molar-refractivity contribution in [3.8, 4) is 0 Å². The van der Waals surface area contributed by atoms with Gasteiger partial charge < -0.3 is 5.32 Å².